The van der Waals surface area contributed by atoms with Crippen LogP contribution in [0.1, 0.15) is 22.3 Å². The fraction of sp³-hybridized carbons (Fsp3) is 0.300. The van der Waals surface area contributed by atoms with Crippen molar-refractivity contribution in [3.63, 3.8) is 0 Å². The number of benzene rings is 2. The van der Waals surface area contributed by atoms with Crippen molar-refractivity contribution in [3.8, 4) is 0 Å². The fourth-order valence-corrected chi connectivity index (χ4v) is 3.03. The Morgan fingerprint density at radius 2 is 1.48 bits per heavy atom. The molecule has 1 heterocycles. The van der Waals surface area contributed by atoms with Crippen molar-refractivity contribution in [2.75, 3.05) is 31.5 Å². The van der Waals surface area contributed by atoms with Gasteiger partial charge in [0, 0.05) is 37.4 Å². The number of para-hydroxylation sites is 1. The smallest absolute Gasteiger partial charge is 0.321 e. The molecule has 5 heteroatoms. The third-order valence-electron chi connectivity index (χ3n) is 4.47. The molecule has 1 fully saturated rings. The highest BCUT2D eigenvalue weighted by Crippen LogP contribution is 2.14. The number of rotatable bonds is 2. The summed E-state index contributed by atoms with van der Waals surface area (Å²) in [4.78, 5) is 28.8. The van der Waals surface area contributed by atoms with E-state index in [-0.39, 0.29) is 11.9 Å². The molecule has 1 aliphatic rings. The predicted molar refractivity (Wildman–Crippen MR) is 98.7 cm³/mol. The Labute approximate surface area is 148 Å². The molecule has 3 rings (SSSR count). The van der Waals surface area contributed by atoms with Crippen LogP contribution in [0.4, 0.5) is 10.5 Å². The summed E-state index contributed by atoms with van der Waals surface area (Å²) in [5.74, 6) is 0.0448. The minimum absolute atomic E-state index is 0.0448. The highest BCUT2D eigenvalue weighted by atomic mass is 16.2. The van der Waals surface area contributed by atoms with Gasteiger partial charge in [-0.3, -0.25) is 4.79 Å². The average molecular weight is 337 g/mol. The molecule has 0 aliphatic carbocycles. The molecule has 2 aromatic rings. The van der Waals surface area contributed by atoms with Crippen molar-refractivity contribution >= 4 is 17.6 Å². The summed E-state index contributed by atoms with van der Waals surface area (Å²) in [6.07, 6.45) is 0.778. The maximum Gasteiger partial charge on any atom is 0.321 e. The van der Waals surface area contributed by atoms with Crippen LogP contribution in [0, 0.1) is 6.92 Å². The van der Waals surface area contributed by atoms with Gasteiger partial charge in [0.1, 0.15) is 0 Å². The first-order valence-electron chi connectivity index (χ1n) is 8.61. The van der Waals surface area contributed by atoms with Crippen molar-refractivity contribution in [1.82, 2.24) is 9.80 Å². The van der Waals surface area contributed by atoms with E-state index >= 15 is 0 Å². The molecule has 25 heavy (non-hydrogen) atoms. The van der Waals surface area contributed by atoms with Crippen molar-refractivity contribution in [2.45, 2.75) is 13.3 Å². The number of aryl methyl sites for hydroxylation is 1. The van der Waals surface area contributed by atoms with E-state index in [1.165, 1.54) is 0 Å². The van der Waals surface area contributed by atoms with Crippen LogP contribution < -0.4 is 5.32 Å². The molecule has 130 valence electrons. The van der Waals surface area contributed by atoms with Crippen LogP contribution in [0.15, 0.2) is 54.6 Å². The van der Waals surface area contributed by atoms with Gasteiger partial charge >= 0.3 is 6.03 Å². The standard InChI is InChI=1S/C20H23N3O2/c1-16-8-5-6-11-18(16)19(24)22-12-7-13-23(15-14-22)20(25)21-17-9-3-2-4-10-17/h2-6,8-11H,7,12-15H2,1H3,(H,21,25). The Balaban J connectivity index is 1.61. The lowest BCUT2D eigenvalue weighted by Crippen LogP contribution is -2.39. The highest BCUT2D eigenvalue weighted by Gasteiger charge is 2.23. The Morgan fingerprint density at radius 1 is 0.840 bits per heavy atom. The van der Waals surface area contributed by atoms with Gasteiger partial charge in [0.15, 0.2) is 0 Å². The molecule has 0 bridgehead atoms. The van der Waals surface area contributed by atoms with Gasteiger partial charge < -0.3 is 15.1 Å². The molecular weight excluding hydrogens is 314 g/mol. The van der Waals surface area contributed by atoms with Gasteiger partial charge in [-0.25, -0.2) is 4.79 Å². The second kappa shape index (κ2) is 7.83. The second-order valence-electron chi connectivity index (χ2n) is 6.24. The van der Waals surface area contributed by atoms with Crippen molar-refractivity contribution in [2.24, 2.45) is 0 Å². The quantitative estimate of drug-likeness (QED) is 0.913. The largest absolute Gasteiger partial charge is 0.337 e. The van der Waals surface area contributed by atoms with Crippen molar-refractivity contribution in [3.05, 3.63) is 65.7 Å². The number of hydrogen-bond donors (Lipinski definition) is 1. The zero-order chi connectivity index (χ0) is 17.6. The van der Waals surface area contributed by atoms with Crippen LogP contribution in [0.5, 0.6) is 0 Å². The molecule has 1 N–H and O–H groups in total. The Morgan fingerprint density at radius 3 is 2.24 bits per heavy atom. The molecule has 1 saturated heterocycles. The maximum absolute atomic E-state index is 12.7. The van der Waals surface area contributed by atoms with E-state index in [1.54, 1.807) is 4.90 Å². The Bertz CT molecular complexity index is 746. The van der Waals surface area contributed by atoms with Crippen molar-refractivity contribution < 1.29 is 9.59 Å². The number of nitrogens with one attached hydrogen (secondary N) is 1. The van der Waals surface area contributed by atoms with Gasteiger partial charge in [0.05, 0.1) is 0 Å². The predicted octanol–water partition coefficient (Wildman–Crippen LogP) is 3.38. The lowest BCUT2D eigenvalue weighted by atomic mass is 10.1. The number of anilines is 1. The average Bonchev–Trinajstić information content (AvgIpc) is 2.89. The van der Waals surface area contributed by atoms with Crippen LogP contribution in [0.2, 0.25) is 0 Å². The number of carbonyl (C=O) groups is 2. The minimum atomic E-state index is -0.114. The molecule has 0 unspecified atom stereocenters. The van der Waals surface area contributed by atoms with Gasteiger partial charge in [-0.15, -0.1) is 0 Å². The molecular formula is C20H23N3O2. The number of nitrogens with zero attached hydrogens (tertiary/aromatic N) is 2. The molecule has 0 aromatic heterocycles. The summed E-state index contributed by atoms with van der Waals surface area (Å²) in [5.41, 5.74) is 2.50. The van der Waals surface area contributed by atoms with Crippen LogP contribution >= 0.6 is 0 Å². The number of carbonyl (C=O) groups excluding carboxylic acids is 2. The minimum Gasteiger partial charge on any atom is -0.337 e. The summed E-state index contributed by atoms with van der Waals surface area (Å²) < 4.78 is 0. The topological polar surface area (TPSA) is 52.7 Å². The highest BCUT2D eigenvalue weighted by molar-refractivity contribution is 5.95. The van der Waals surface area contributed by atoms with Crippen LogP contribution in [0.25, 0.3) is 0 Å². The maximum atomic E-state index is 12.7. The SMILES string of the molecule is Cc1ccccc1C(=O)N1CCCN(C(=O)Nc2ccccc2)CC1. The zero-order valence-corrected chi connectivity index (χ0v) is 14.4. The second-order valence-corrected chi connectivity index (χ2v) is 6.24. The first-order valence-corrected chi connectivity index (χ1v) is 8.61. The van der Waals surface area contributed by atoms with Gasteiger partial charge in [-0.05, 0) is 37.1 Å². The number of hydrogen-bond acceptors (Lipinski definition) is 2. The first-order chi connectivity index (χ1) is 12.1. The number of urea groups is 1. The third-order valence-corrected chi connectivity index (χ3v) is 4.47. The van der Waals surface area contributed by atoms with E-state index in [0.29, 0.717) is 26.2 Å². The van der Waals surface area contributed by atoms with Crippen LogP contribution in [-0.2, 0) is 0 Å². The normalized spacial score (nSPS) is 14.8. The summed E-state index contributed by atoms with van der Waals surface area (Å²) in [6, 6.07) is 16.9. The zero-order valence-electron chi connectivity index (χ0n) is 14.4. The van der Waals surface area contributed by atoms with Crippen molar-refractivity contribution in [1.29, 1.82) is 0 Å². The number of amides is 3. The molecule has 1 aliphatic heterocycles. The van der Waals surface area contributed by atoms with Gasteiger partial charge in [-0.2, -0.15) is 0 Å². The summed E-state index contributed by atoms with van der Waals surface area (Å²) >= 11 is 0. The summed E-state index contributed by atoms with van der Waals surface area (Å²) in [5, 5.41) is 2.91. The lowest BCUT2D eigenvalue weighted by molar-refractivity contribution is 0.0762. The van der Waals surface area contributed by atoms with E-state index in [1.807, 2.05) is 66.4 Å². The van der Waals surface area contributed by atoms with E-state index in [4.69, 9.17) is 0 Å². The molecule has 5 nitrogen and oxygen atoms in total. The summed E-state index contributed by atoms with van der Waals surface area (Å²) in [6.45, 7) is 4.36. The monoisotopic (exact) mass is 337 g/mol. The Kier molecular flexibility index (Phi) is 5.33. The molecule has 3 amide bonds. The van der Waals surface area contributed by atoms with E-state index in [9.17, 15) is 9.59 Å². The van der Waals surface area contributed by atoms with Gasteiger partial charge in [0.25, 0.3) is 5.91 Å². The van der Waals surface area contributed by atoms with Gasteiger partial charge in [-0.1, -0.05) is 36.4 Å². The molecule has 0 radical (unpaired) electrons. The van der Waals surface area contributed by atoms with Crippen LogP contribution in [-0.4, -0.2) is 47.9 Å². The third kappa shape index (κ3) is 4.18. The van der Waals surface area contributed by atoms with E-state index in [0.717, 1.165) is 23.2 Å². The first kappa shape index (κ1) is 17.0. The molecule has 0 saturated carbocycles. The molecule has 0 atom stereocenters. The van der Waals surface area contributed by atoms with E-state index in [2.05, 4.69) is 5.32 Å². The van der Waals surface area contributed by atoms with E-state index < -0.39 is 0 Å². The van der Waals surface area contributed by atoms with Gasteiger partial charge in [0.2, 0.25) is 0 Å². The Hall–Kier alpha value is -2.82. The fourth-order valence-electron chi connectivity index (χ4n) is 3.03. The lowest BCUT2D eigenvalue weighted by Gasteiger charge is -2.23. The summed E-state index contributed by atoms with van der Waals surface area (Å²) in [7, 11) is 0. The van der Waals surface area contributed by atoms with Crippen LogP contribution in [0.3, 0.4) is 0 Å². The molecule has 2 aromatic carbocycles. The molecule has 0 spiro atoms.